The standard InChI is InChI=1S/C21H20N2O2/c1-3-15-18(25)13-14-5-6-16(17(24)4-2)22-19(14)20(15)23-11-9-21(7-8-21)10-12-23/h1-2,5-6,17,24H,7-13H2. The fourth-order valence-corrected chi connectivity index (χ4v) is 3.94. The molecule has 1 saturated heterocycles. The van der Waals surface area contributed by atoms with Gasteiger partial charge in [0.15, 0.2) is 11.9 Å². The van der Waals surface area contributed by atoms with Gasteiger partial charge < -0.3 is 10.0 Å². The molecule has 1 aromatic heterocycles. The van der Waals surface area contributed by atoms with Crippen molar-refractivity contribution in [3.63, 3.8) is 0 Å². The van der Waals surface area contributed by atoms with Gasteiger partial charge in [-0.3, -0.25) is 4.79 Å². The minimum Gasteiger partial charge on any atom is -0.374 e. The van der Waals surface area contributed by atoms with E-state index in [2.05, 4.69) is 21.7 Å². The SMILES string of the molecule is C#CC1=C(N2CCC3(CC2)CC3)c2nc(C(O)C#C)ccc2CC1=O. The highest BCUT2D eigenvalue weighted by Crippen LogP contribution is 2.54. The Balaban J connectivity index is 1.78. The van der Waals surface area contributed by atoms with Gasteiger partial charge in [0.1, 0.15) is 0 Å². The number of aromatic nitrogens is 1. The molecular weight excluding hydrogens is 312 g/mol. The van der Waals surface area contributed by atoms with Crippen LogP contribution in [0.3, 0.4) is 0 Å². The number of carbonyl (C=O) groups excluding carboxylic acids is 1. The molecule has 0 radical (unpaired) electrons. The second kappa shape index (κ2) is 5.76. The maximum absolute atomic E-state index is 12.5. The number of Topliss-reactive ketones (excluding diaryl/α,β-unsaturated/α-hetero) is 1. The average Bonchev–Trinajstić information content (AvgIpc) is 3.39. The molecule has 1 aliphatic heterocycles. The first-order valence-electron chi connectivity index (χ1n) is 8.70. The Kier molecular flexibility index (Phi) is 3.67. The van der Waals surface area contributed by atoms with Gasteiger partial charge in [-0.15, -0.1) is 12.8 Å². The largest absolute Gasteiger partial charge is 0.374 e. The van der Waals surface area contributed by atoms with E-state index in [1.165, 1.54) is 12.8 Å². The Hall–Kier alpha value is -2.56. The van der Waals surface area contributed by atoms with Crippen molar-refractivity contribution in [2.45, 2.75) is 38.2 Å². The van der Waals surface area contributed by atoms with Crippen LogP contribution in [0.4, 0.5) is 0 Å². The Morgan fingerprint density at radius 1 is 1.20 bits per heavy atom. The van der Waals surface area contributed by atoms with Crippen LogP contribution >= 0.6 is 0 Å². The normalized spacial score (nSPS) is 22.2. The summed E-state index contributed by atoms with van der Waals surface area (Å²) in [5, 5.41) is 9.94. The summed E-state index contributed by atoms with van der Waals surface area (Å²) < 4.78 is 0. The molecule has 1 N–H and O–H groups in total. The van der Waals surface area contributed by atoms with Gasteiger partial charge in [0, 0.05) is 19.5 Å². The summed E-state index contributed by atoms with van der Waals surface area (Å²) in [4.78, 5) is 19.3. The summed E-state index contributed by atoms with van der Waals surface area (Å²) >= 11 is 0. The van der Waals surface area contributed by atoms with Crippen molar-refractivity contribution in [3.8, 4) is 24.7 Å². The zero-order valence-corrected chi connectivity index (χ0v) is 14.1. The molecule has 4 heteroatoms. The molecule has 126 valence electrons. The molecule has 0 aromatic carbocycles. The van der Waals surface area contributed by atoms with Gasteiger partial charge in [0.05, 0.1) is 22.7 Å². The number of terminal acetylenes is 2. The zero-order valence-electron chi connectivity index (χ0n) is 14.1. The topological polar surface area (TPSA) is 53.4 Å². The van der Waals surface area contributed by atoms with Crippen molar-refractivity contribution in [1.29, 1.82) is 0 Å². The number of aliphatic hydroxyl groups excluding tert-OH is 1. The number of ketones is 1. The van der Waals surface area contributed by atoms with Gasteiger partial charge in [0.25, 0.3) is 0 Å². The van der Waals surface area contributed by atoms with Gasteiger partial charge in [-0.2, -0.15) is 0 Å². The van der Waals surface area contributed by atoms with E-state index in [0.29, 0.717) is 22.4 Å². The summed E-state index contributed by atoms with van der Waals surface area (Å²) in [6, 6.07) is 3.51. The van der Waals surface area contributed by atoms with Crippen LogP contribution in [0.5, 0.6) is 0 Å². The number of hydrogen-bond acceptors (Lipinski definition) is 4. The highest BCUT2D eigenvalue weighted by molar-refractivity contribution is 6.09. The number of piperidine rings is 1. The van der Waals surface area contributed by atoms with Crippen LogP contribution in [-0.2, 0) is 11.2 Å². The summed E-state index contributed by atoms with van der Waals surface area (Å²) in [6.07, 6.45) is 15.1. The van der Waals surface area contributed by atoms with Crippen LogP contribution in [0.2, 0.25) is 0 Å². The van der Waals surface area contributed by atoms with Gasteiger partial charge in [0.2, 0.25) is 0 Å². The van der Waals surface area contributed by atoms with Crippen LogP contribution in [0.15, 0.2) is 17.7 Å². The summed E-state index contributed by atoms with van der Waals surface area (Å²) in [7, 11) is 0. The zero-order chi connectivity index (χ0) is 17.6. The monoisotopic (exact) mass is 332 g/mol. The molecule has 1 saturated carbocycles. The Morgan fingerprint density at radius 2 is 1.92 bits per heavy atom. The highest BCUT2D eigenvalue weighted by Gasteiger charge is 2.45. The summed E-state index contributed by atoms with van der Waals surface area (Å²) in [5.74, 6) is 4.84. The predicted octanol–water partition coefficient (Wildman–Crippen LogP) is 2.09. The number of aliphatic hydroxyl groups is 1. The molecule has 1 atom stereocenters. The van der Waals surface area contributed by atoms with Gasteiger partial charge in [-0.1, -0.05) is 17.9 Å². The minimum absolute atomic E-state index is 0.0382. The minimum atomic E-state index is -1.06. The first-order chi connectivity index (χ1) is 12.1. The fourth-order valence-electron chi connectivity index (χ4n) is 3.94. The molecule has 0 amide bonds. The van der Waals surface area contributed by atoms with E-state index in [1.54, 1.807) is 6.07 Å². The van der Waals surface area contributed by atoms with Crippen LogP contribution in [0.1, 0.15) is 48.7 Å². The molecule has 1 unspecified atom stereocenters. The van der Waals surface area contributed by atoms with Gasteiger partial charge >= 0.3 is 0 Å². The number of pyridine rings is 1. The Morgan fingerprint density at radius 3 is 2.52 bits per heavy atom. The quantitative estimate of drug-likeness (QED) is 0.843. The third-order valence-corrected chi connectivity index (χ3v) is 5.77. The molecule has 2 aliphatic carbocycles. The van der Waals surface area contributed by atoms with E-state index < -0.39 is 6.10 Å². The van der Waals surface area contributed by atoms with Crippen LogP contribution < -0.4 is 0 Å². The van der Waals surface area contributed by atoms with Crippen LogP contribution in [0.25, 0.3) is 5.70 Å². The van der Waals surface area contributed by atoms with Crippen molar-refractivity contribution in [2.75, 3.05) is 13.1 Å². The first-order valence-corrected chi connectivity index (χ1v) is 8.70. The second-order valence-corrected chi connectivity index (χ2v) is 7.27. The molecule has 4 rings (SSSR count). The highest BCUT2D eigenvalue weighted by atomic mass is 16.3. The van der Waals surface area contributed by atoms with E-state index in [4.69, 9.17) is 12.8 Å². The number of fused-ring (bicyclic) bond motifs is 1. The van der Waals surface area contributed by atoms with E-state index in [-0.39, 0.29) is 12.2 Å². The molecule has 1 aromatic rings. The van der Waals surface area contributed by atoms with Crippen LogP contribution in [-0.4, -0.2) is 33.9 Å². The second-order valence-electron chi connectivity index (χ2n) is 7.27. The first kappa shape index (κ1) is 15.9. The molecule has 1 spiro atoms. The summed E-state index contributed by atoms with van der Waals surface area (Å²) in [6.45, 7) is 1.77. The summed E-state index contributed by atoms with van der Waals surface area (Å²) in [5.41, 5.74) is 3.64. The van der Waals surface area contributed by atoms with Crippen molar-refractivity contribution in [1.82, 2.24) is 9.88 Å². The lowest BCUT2D eigenvalue weighted by Gasteiger charge is -2.37. The maximum atomic E-state index is 12.5. The molecule has 2 heterocycles. The van der Waals surface area contributed by atoms with E-state index in [9.17, 15) is 9.90 Å². The van der Waals surface area contributed by atoms with Gasteiger partial charge in [-0.25, -0.2) is 4.98 Å². The lowest BCUT2D eigenvalue weighted by atomic mass is 9.88. The van der Waals surface area contributed by atoms with Crippen molar-refractivity contribution in [2.24, 2.45) is 5.41 Å². The molecule has 25 heavy (non-hydrogen) atoms. The van der Waals surface area contributed by atoms with Crippen molar-refractivity contribution < 1.29 is 9.90 Å². The van der Waals surface area contributed by atoms with E-state index in [1.807, 2.05) is 6.07 Å². The molecule has 3 aliphatic rings. The van der Waals surface area contributed by atoms with Crippen molar-refractivity contribution >= 4 is 11.5 Å². The Bertz CT molecular complexity index is 855. The fraction of sp³-hybridized carbons (Fsp3) is 0.429. The lowest BCUT2D eigenvalue weighted by Crippen LogP contribution is -2.36. The number of allylic oxidation sites excluding steroid dienone is 1. The molecule has 0 bridgehead atoms. The number of carbonyl (C=O) groups is 1. The van der Waals surface area contributed by atoms with Crippen LogP contribution in [0, 0.1) is 30.1 Å². The maximum Gasteiger partial charge on any atom is 0.177 e. The van der Waals surface area contributed by atoms with E-state index >= 15 is 0 Å². The number of nitrogens with zero attached hydrogens (tertiary/aromatic N) is 2. The van der Waals surface area contributed by atoms with Crippen molar-refractivity contribution in [3.05, 3.63) is 34.7 Å². The molecular formula is C21H20N2O2. The molecule has 2 fully saturated rings. The predicted molar refractivity (Wildman–Crippen MR) is 95.0 cm³/mol. The third-order valence-electron chi connectivity index (χ3n) is 5.77. The van der Waals surface area contributed by atoms with Gasteiger partial charge in [-0.05, 0) is 42.7 Å². The average molecular weight is 332 g/mol. The third kappa shape index (κ3) is 2.64. The van der Waals surface area contributed by atoms with E-state index in [0.717, 1.165) is 37.2 Å². The number of rotatable bonds is 2. The molecule has 4 nitrogen and oxygen atoms in total. The Labute approximate surface area is 147 Å². The smallest absolute Gasteiger partial charge is 0.177 e. The lowest BCUT2D eigenvalue weighted by molar-refractivity contribution is -0.114. The number of likely N-dealkylation sites (tertiary alicyclic amines) is 1. The number of hydrogen-bond donors (Lipinski definition) is 1.